The second-order valence-corrected chi connectivity index (χ2v) is 5.44. The molecule has 2 rings (SSSR count). The summed E-state index contributed by atoms with van der Waals surface area (Å²) in [6, 6.07) is 10.8. The van der Waals surface area contributed by atoms with Gasteiger partial charge in [-0.2, -0.15) is 10.4 Å². The molecular formula is C11H9N3O2S. The molecule has 0 atom stereocenters. The second-order valence-electron chi connectivity index (χ2n) is 3.51. The maximum atomic E-state index is 11.4. The van der Waals surface area contributed by atoms with Gasteiger partial charge in [-0.1, -0.05) is 18.2 Å². The van der Waals surface area contributed by atoms with Gasteiger partial charge in [0.05, 0.1) is 5.69 Å². The minimum absolute atomic E-state index is 0.0522. The van der Waals surface area contributed by atoms with E-state index in [1.54, 1.807) is 12.1 Å². The van der Waals surface area contributed by atoms with Gasteiger partial charge >= 0.3 is 0 Å². The molecule has 0 fully saturated rings. The predicted octanol–water partition coefficient (Wildman–Crippen LogP) is 1.15. The van der Waals surface area contributed by atoms with Gasteiger partial charge in [0.15, 0.2) is 14.9 Å². The summed E-state index contributed by atoms with van der Waals surface area (Å²) in [7, 11) is -3.49. The maximum absolute atomic E-state index is 11.4. The van der Waals surface area contributed by atoms with E-state index in [0.717, 1.165) is 6.26 Å². The molecule has 0 aliphatic rings. The number of hydrogen-bond donors (Lipinski definition) is 0. The van der Waals surface area contributed by atoms with Gasteiger partial charge in [0.1, 0.15) is 11.6 Å². The molecule has 0 spiro atoms. The number of aromatic nitrogens is 2. The van der Waals surface area contributed by atoms with E-state index >= 15 is 0 Å². The summed E-state index contributed by atoms with van der Waals surface area (Å²) < 4.78 is 24.2. The lowest BCUT2D eigenvalue weighted by atomic mass is 10.3. The van der Waals surface area contributed by atoms with E-state index in [4.69, 9.17) is 5.26 Å². The van der Waals surface area contributed by atoms with Crippen LogP contribution in [-0.2, 0) is 9.84 Å². The van der Waals surface area contributed by atoms with Gasteiger partial charge in [-0.3, -0.25) is 0 Å². The van der Waals surface area contributed by atoms with Crippen molar-refractivity contribution in [2.45, 2.75) is 5.03 Å². The summed E-state index contributed by atoms with van der Waals surface area (Å²) in [5.74, 6) is 0. The fourth-order valence-corrected chi connectivity index (χ4v) is 2.16. The van der Waals surface area contributed by atoms with Crippen LogP contribution in [0.1, 0.15) is 5.56 Å². The minimum atomic E-state index is -3.49. The van der Waals surface area contributed by atoms with E-state index in [1.165, 1.54) is 10.9 Å². The van der Waals surface area contributed by atoms with Crippen LogP contribution < -0.4 is 0 Å². The molecule has 0 unspecified atom stereocenters. The Labute approximate surface area is 98.8 Å². The van der Waals surface area contributed by atoms with Crippen LogP contribution in [0.25, 0.3) is 5.69 Å². The smallest absolute Gasteiger partial charge is 0.195 e. The van der Waals surface area contributed by atoms with E-state index in [1.807, 2.05) is 24.3 Å². The molecule has 86 valence electrons. The van der Waals surface area contributed by atoms with Gasteiger partial charge < -0.3 is 0 Å². The van der Waals surface area contributed by atoms with Gasteiger partial charge in [0.25, 0.3) is 0 Å². The van der Waals surface area contributed by atoms with Crippen LogP contribution in [-0.4, -0.2) is 24.5 Å². The standard InChI is InChI=1S/C11H9N3O2S/c1-17(15,16)11-9(7-12)8-14(13-11)10-5-3-2-4-6-10/h2-6,8H,1H3. The minimum Gasteiger partial charge on any atom is -0.238 e. The Morgan fingerprint density at radius 2 is 1.94 bits per heavy atom. The van der Waals surface area contributed by atoms with E-state index < -0.39 is 9.84 Å². The average Bonchev–Trinajstić information content (AvgIpc) is 2.74. The quantitative estimate of drug-likeness (QED) is 0.797. The number of benzene rings is 1. The predicted molar refractivity (Wildman–Crippen MR) is 61.4 cm³/mol. The SMILES string of the molecule is CS(=O)(=O)c1nn(-c2ccccc2)cc1C#N. The topological polar surface area (TPSA) is 75.8 Å². The normalized spacial score (nSPS) is 11.1. The van der Waals surface area contributed by atoms with Crippen molar-refractivity contribution in [3.05, 3.63) is 42.1 Å². The molecule has 1 aromatic carbocycles. The van der Waals surface area contributed by atoms with Crippen LogP contribution in [0.2, 0.25) is 0 Å². The summed E-state index contributed by atoms with van der Waals surface area (Å²) >= 11 is 0. The first-order valence-electron chi connectivity index (χ1n) is 4.77. The summed E-state index contributed by atoms with van der Waals surface area (Å²) in [6.45, 7) is 0. The summed E-state index contributed by atoms with van der Waals surface area (Å²) in [6.07, 6.45) is 2.44. The van der Waals surface area contributed by atoms with Crippen molar-refractivity contribution in [1.29, 1.82) is 5.26 Å². The van der Waals surface area contributed by atoms with E-state index in [2.05, 4.69) is 5.10 Å². The van der Waals surface area contributed by atoms with Crippen molar-refractivity contribution < 1.29 is 8.42 Å². The molecule has 0 aliphatic heterocycles. The van der Waals surface area contributed by atoms with Crippen LogP contribution in [0.4, 0.5) is 0 Å². The molecule has 0 N–H and O–H groups in total. The monoisotopic (exact) mass is 247 g/mol. The maximum Gasteiger partial charge on any atom is 0.195 e. The van der Waals surface area contributed by atoms with Crippen LogP contribution in [0.3, 0.4) is 0 Å². The average molecular weight is 247 g/mol. The Morgan fingerprint density at radius 3 is 2.41 bits per heavy atom. The molecule has 6 heteroatoms. The molecule has 1 aromatic heterocycles. The van der Waals surface area contributed by atoms with Crippen molar-refractivity contribution in [1.82, 2.24) is 9.78 Å². The second kappa shape index (κ2) is 4.03. The molecule has 2 aromatic rings. The molecule has 0 saturated carbocycles. The Morgan fingerprint density at radius 1 is 1.29 bits per heavy atom. The van der Waals surface area contributed by atoms with E-state index in [-0.39, 0.29) is 10.6 Å². The fourth-order valence-electron chi connectivity index (χ4n) is 1.42. The summed E-state index contributed by atoms with van der Waals surface area (Å²) in [5.41, 5.74) is 0.759. The number of sulfone groups is 1. The molecular weight excluding hydrogens is 238 g/mol. The highest BCUT2D eigenvalue weighted by Crippen LogP contribution is 2.15. The number of hydrogen-bond acceptors (Lipinski definition) is 4. The number of nitrogens with zero attached hydrogens (tertiary/aromatic N) is 3. The van der Waals surface area contributed by atoms with Crippen LogP contribution in [0.5, 0.6) is 0 Å². The first-order valence-corrected chi connectivity index (χ1v) is 6.67. The zero-order valence-electron chi connectivity index (χ0n) is 9.03. The molecule has 0 radical (unpaired) electrons. The van der Waals surface area contributed by atoms with Crippen LogP contribution >= 0.6 is 0 Å². The van der Waals surface area contributed by atoms with Crippen LogP contribution in [0.15, 0.2) is 41.6 Å². The summed E-state index contributed by atoms with van der Waals surface area (Å²) in [4.78, 5) is 0. The van der Waals surface area contributed by atoms with Gasteiger partial charge in [0, 0.05) is 12.5 Å². The molecule has 0 saturated heterocycles. The Balaban J connectivity index is 2.62. The van der Waals surface area contributed by atoms with Crippen molar-refractivity contribution in [3.8, 4) is 11.8 Å². The number of nitriles is 1. The molecule has 17 heavy (non-hydrogen) atoms. The van der Waals surface area contributed by atoms with E-state index in [9.17, 15) is 8.42 Å². The third-order valence-electron chi connectivity index (χ3n) is 2.17. The Kier molecular flexibility index (Phi) is 2.69. The van der Waals surface area contributed by atoms with Crippen LogP contribution in [0, 0.1) is 11.3 Å². The number of para-hydroxylation sites is 1. The third-order valence-corrected chi connectivity index (χ3v) is 3.18. The lowest BCUT2D eigenvalue weighted by Crippen LogP contribution is -2.02. The molecule has 0 bridgehead atoms. The first-order chi connectivity index (χ1) is 8.02. The largest absolute Gasteiger partial charge is 0.238 e. The van der Waals surface area contributed by atoms with Crippen molar-refractivity contribution >= 4 is 9.84 Å². The molecule has 0 aliphatic carbocycles. The zero-order valence-corrected chi connectivity index (χ0v) is 9.85. The van der Waals surface area contributed by atoms with Gasteiger partial charge in [0.2, 0.25) is 0 Å². The van der Waals surface area contributed by atoms with Crippen molar-refractivity contribution in [2.24, 2.45) is 0 Å². The third kappa shape index (κ3) is 2.19. The van der Waals surface area contributed by atoms with Gasteiger partial charge in [-0.25, -0.2) is 13.1 Å². The summed E-state index contributed by atoms with van der Waals surface area (Å²) in [5, 5.41) is 12.6. The van der Waals surface area contributed by atoms with Gasteiger partial charge in [-0.15, -0.1) is 0 Å². The van der Waals surface area contributed by atoms with Crippen molar-refractivity contribution in [2.75, 3.05) is 6.26 Å². The first kappa shape index (κ1) is 11.4. The Bertz CT molecular complexity index is 681. The van der Waals surface area contributed by atoms with Gasteiger partial charge in [-0.05, 0) is 12.1 Å². The Hall–Kier alpha value is -2.13. The molecule has 1 heterocycles. The lowest BCUT2D eigenvalue weighted by Gasteiger charge is -1.98. The highest BCUT2D eigenvalue weighted by molar-refractivity contribution is 7.90. The highest BCUT2D eigenvalue weighted by Gasteiger charge is 2.18. The highest BCUT2D eigenvalue weighted by atomic mass is 32.2. The fraction of sp³-hybridized carbons (Fsp3) is 0.0909. The zero-order chi connectivity index (χ0) is 12.5. The number of rotatable bonds is 2. The molecule has 5 nitrogen and oxygen atoms in total. The van der Waals surface area contributed by atoms with E-state index in [0.29, 0.717) is 5.69 Å². The lowest BCUT2D eigenvalue weighted by molar-refractivity contribution is 0.596. The molecule has 0 amide bonds. The van der Waals surface area contributed by atoms with Crippen molar-refractivity contribution in [3.63, 3.8) is 0 Å².